The molecule has 0 radical (unpaired) electrons. The lowest BCUT2D eigenvalue weighted by molar-refractivity contribution is -0.135. The molecule has 0 spiro atoms. The van der Waals surface area contributed by atoms with Crippen LogP contribution in [0, 0.1) is 0 Å². The van der Waals surface area contributed by atoms with E-state index in [9.17, 15) is 4.79 Å². The van der Waals surface area contributed by atoms with Gasteiger partial charge in [-0.2, -0.15) is 0 Å². The first-order valence-corrected chi connectivity index (χ1v) is 7.04. The van der Waals surface area contributed by atoms with Gasteiger partial charge in [0, 0.05) is 25.2 Å². The maximum Gasteiger partial charge on any atom is 0.245 e. The van der Waals surface area contributed by atoms with Gasteiger partial charge in [0.2, 0.25) is 5.91 Å². The van der Waals surface area contributed by atoms with Gasteiger partial charge in [-0.1, -0.05) is 30.3 Å². The zero-order chi connectivity index (χ0) is 14.0. The van der Waals surface area contributed by atoms with Gasteiger partial charge in [-0.05, 0) is 26.5 Å². The summed E-state index contributed by atoms with van der Waals surface area (Å²) in [7, 11) is 2.09. The van der Waals surface area contributed by atoms with Gasteiger partial charge in [0.15, 0.2) is 0 Å². The third-order valence-electron chi connectivity index (χ3n) is 3.94. The standard InChI is InChI=1S/C15H21ClN2O/c1-15(2)11-18(10-9-17(15)3)14(19)13(16)12-7-5-4-6-8-12/h4-8,13H,9-11H2,1-3H3. The Morgan fingerprint density at radius 3 is 2.47 bits per heavy atom. The van der Waals surface area contributed by atoms with Crippen LogP contribution in [0.3, 0.4) is 0 Å². The highest BCUT2D eigenvalue weighted by Gasteiger charge is 2.35. The zero-order valence-electron chi connectivity index (χ0n) is 11.8. The van der Waals surface area contributed by atoms with E-state index in [1.165, 1.54) is 0 Å². The van der Waals surface area contributed by atoms with Crippen molar-refractivity contribution in [3.63, 3.8) is 0 Å². The number of amides is 1. The molecule has 0 saturated carbocycles. The number of rotatable bonds is 2. The molecule has 0 N–H and O–H groups in total. The number of hydrogen-bond acceptors (Lipinski definition) is 2. The molecule has 2 rings (SSSR count). The molecule has 1 atom stereocenters. The van der Waals surface area contributed by atoms with Gasteiger partial charge in [0.1, 0.15) is 5.38 Å². The number of carbonyl (C=O) groups excluding carboxylic acids is 1. The molecule has 0 bridgehead atoms. The van der Waals surface area contributed by atoms with E-state index >= 15 is 0 Å². The van der Waals surface area contributed by atoms with Crippen molar-refractivity contribution in [1.29, 1.82) is 0 Å². The number of alkyl halides is 1. The van der Waals surface area contributed by atoms with Crippen molar-refractivity contribution in [3.8, 4) is 0 Å². The molecule has 0 aliphatic carbocycles. The number of carbonyl (C=O) groups is 1. The second-order valence-corrected chi connectivity index (χ2v) is 6.20. The molecule has 1 unspecified atom stereocenters. The molecule has 1 amide bonds. The monoisotopic (exact) mass is 280 g/mol. The third kappa shape index (κ3) is 3.10. The van der Waals surface area contributed by atoms with Gasteiger partial charge in [0.05, 0.1) is 0 Å². The Morgan fingerprint density at radius 1 is 1.26 bits per heavy atom. The van der Waals surface area contributed by atoms with Crippen LogP contribution in [0.25, 0.3) is 0 Å². The third-order valence-corrected chi connectivity index (χ3v) is 4.38. The normalized spacial score (nSPS) is 21.2. The molecule has 1 aromatic carbocycles. The lowest BCUT2D eigenvalue weighted by Gasteiger charge is -2.45. The fourth-order valence-electron chi connectivity index (χ4n) is 2.35. The predicted molar refractivity (Wildman–Crippen MR) is 78.3 cm³/mol. The number of likely N-dealkylation sites (N-methyl/N-ethyl adjacent to an activating group) is 1. The Bertz CT molecular complexity index is 447. The smallest absolute Gasteiger partial charge is 0.245 e. The van der Waals surface area contributed by atoms with Crippen molar-refractivity contribution in [1.82, 2.24) is 9.80 Å². The lowest BCUT2D eigenvalue weighted by atomic mass is 9.99. The molecule has 104 valence electrons. The minimum absolute atomic E-state index is 0.00120. The highest BCUT2D eigenvalue weighted by Crippen LogP contribution is 2.26. The SMILES string of the molecule is CN1CCN(C(=O)C(Cl)c2ccccc2)CC1(C)C. The molecular formula is C15H21ClN2O. The quantitative estimate of drug-likeness (QED) is 0.777. The summed E-state index contributed by atoms with van der Waals surface area (Å²) in [4.78, 5) is 16.6. The van der Waals surface area contributed by atoms with Crippen molar-refractivity contribution in [2.24, 2.45) is 0 Å². The minimum Gasteiger partial charge on any atom is -0.338 e. The van der Waals surface area contributed by atoms with Crippen molar-refractivity contribution >= 4 is 17.5 Å². The van der Waals surface area contributed by atoms with Gasteiger partial charge in [-0.15, -0.1) is 11.6 Å². The summed E-state index contributed by atoms with van der Waals surface area (Å²) in [6.45, 7) is 6.65. The van der Waals surface area contributed by atoms with Crippen molar-refractivity contribution in [2.75, 3.05) is 26.7 Å². The molecule has 1 fully saturated rings. The molecule has 3 nitrogen and oxygen atoms in total. The van der Waals surface area contributed by atoms with Crippen LogP contribution in [-0.4, -0.2) is 47.9 Å². The van der Waals surface area contributed by atoms with Crippen LogP contribution in [0.1, 0.15) is 24.8 Å². The maximum atomic E-state index is 12.5. The minimum atomic E-state index is -0.583. The van der Waals surface area contributed by atoms with E-state index < -0.39 is 5.38 Å². The van der Waals surface area contributed by atoms with E-state index in [1.54, 1.807) is 0 Å². The van der Waals surface area contributed by atoms with Crippen molar-refractivity contribution in [3.05, 3.63) is 35.9 Å². The average molecular weight is 281 g/mol. The van der Waals surface area contributed by atoms with Crippen LogP contribution in [0.15, 0.2) is 30.3 Å². The molecule has 0 aromatic heterocycles. The largest absolute Gasteiger partial charge is 0.338 e. The fraction of sp³-hybridized carbons (Fsp3) is 0.533. The lowest BCUT2D eigenvalue weighted by Crippen LogP contribution is -2.59. The molecule has 19 heavy (non-hydrogen) atoms. The van der Waals surface area contributed by atoms with E-state index in [1.807, 2.05) is 35.2 Å². The summed E-state index contributed by atoms with van der Waals surface area (Å²) in [5, 5.41) is -0.583. The Morgan fingerprint density at radius 2 is 1.89 bits per heavy atom. The van der Waals surface area contributed by atoms with Gasteiger partial charge >= 0.3 is 0 Å². The van der Waals surface area contributed by atoms with Crippen LogP contribution in [-0.2, 0) is 4.79 Å². The van der Waals surface area contributed by atoms with E-state index in [-0.39, 0.29) is 11.4 Å². The van der Waals surface area contributed by atoms with E-state index in [2.05, 4.69) is 25.8 Å². The molecular weight excluding hydrogens is 260 g/mol. The molecule has 4 heteroatoms. The molecule has 1 aromatic rings. The number of nitrogens with zero attached hydrogens (tertiary/aromatic N) is 2. The summed E-state index contributed by atoms with van der Waals surface area (Å²) in [6.07, 6.45) is 0. The number of halogens is 1. The highest BCUT2D eigenvalue weighted by atomic mass is 35.5. The van der Waals surface area contributed by atoms with Crippen molar-refractivity contribution in [2.45, 2.75) is 24.8 Å². The highest BCUT2D eigenvalue weighted by molar-refractivity contribution is 6.30. The molecule has 1 aliphatic rings. The van der Waals surface area contributed by atoms with Gasteiger partial charge < -0.3 is 4.90 Å². The number of hydrogen-bond donors (Lipinski definition) is 0. The first-order valence-electron chi connectivity index (χ1n) is 6.61. The van der Waals surface area contributed by atoms with E-state index in [0.717, 1.165) is 25.2 Å². The Balaban J connectivity index is 2.08. The number of benzene rings is 1. The first-order chi connectivity index (χ1) is 8.92. The van der Waals surface area contributed by atoms with Crippen LogP contribution in [0.5, 0.6) is 0 Å². The molecule has 1 saturated heterocycles. The maximum absolute atomic E-state index is 12.5. The average Bonchev–Trinajstić information content (AvgIpc) is 2.41. The summed E-state index contributed by atoms with van der Waals surface area (Å²) in [5.74, 6) is 0.00837. The van der Waals surface area contributed by atoms with E-state index in [4.69, 9.17) is 11.6 Å². The van der Waals surface area contributed by atoms with Crippen molar-refractivity contribution < 1.29 is 4.79 Å². The Kier molecular flexibility index (Phi) is 4.16. The fourth-order valence-corrected chi connectivity index (χ4v) is 2.64. The summed E-state index contributed by atoms with van der Waals surface area (Å²) >= 11 is 6.31. The van der Waals surface area contributed by atoms with Gasteiger partial charge in [-0.3, -0.25) is 9.69 Å². The summed E-state index contributed by atoms with van der Waals surface area (Å²) in [5.41, 5.74) is 0.868. The van der Waals surface area contributed by atoms with Gasteiger partial charge in [-0.25, -0.2) is 0 Å². The Labute approximate surface area is 120 Å². The zero-order valence-corrected chi connectivity index (χ0v) is 12.5. The first kappa shape index (κ1) is 14.4. The summed E-state index contributed by atoms with van der Waals surface area (Å²) in [6, 6.07) is 9.54. The topological polar surface area (TPSA) is 23.6 Å². The van der Waals surface area contributed by atoms with Crippen LogP contribution in [0.2, 0.25) is 0 Å². The van der Waals surface area contributed by atoms with Crippen LogP contribution in [0.4, 0.5) is 0 Å². The molecule has 1 aliphatic heterocycles. The second-order valence-electron chi connectivity index (χ2n) is 5.77. The van der Waals surface area contributed by atoms with Crippen LogP contribution >= 0.6 is 11.6 Å². The number of piperazine rings is 1. The predicted octanol–water partition coefficient (Wildman–Crippen LogP) is 2.52. The van der Waals surface area contributed by atoms with Gasteiger partial charge in [0.25, 0.3) is 0 Å². The summed E-state index contributed by atoms with van der Waals surface area (Å²) < 4.78 is 0. The van der Waals surface area contributed by atoms with E-state index in [0.29, 0.717) is 0 Å². The second kappa shape index (κ2) is 5.51. The Hall–Kier alpha value is -1.06. The molecule has 1 heterocycles. The van der Waals surface area contributed by atoms with Crippen LogP contribution < -0.4 is 0 Å².